The average Bonchev–Trinajstić information content (AvgIpc) is 3.09. The first-order chi connectivity index (χ1) is 15.4. The molecule has 1 aliphatic rings. The van der Waals surface area contributed by atoms with Crippen molar-refractivity contribution < 1.29 is 24.2 Å². The van der Waals surface area contributed by atoms with E-state index in [9.17, 15) is 14.4 Å². The van der Waals surface area contributed by atoms with Crippen molar-refractivity contribution >= 4 is 18.0 Å². The van der Waals surface area contributed by atoms with Crippen LogP contribution in [-0.4, -0.2) is 41.8 Å². The molecule has 2 aromatic rings. The number of carboxylic acids is 1. The first kappa shape index (κ1) is 23.3. The summed E-state index contributed by atoms with van der Waals surface area (Å²) in [6.45, 7) is 3.71. The minimum atomic E-state index is -0.969. The van der Waals surface area contributed by atoms with Crippen molar-refractivity contribution in [1.82, 2.24) is 10.6 Å². The van der Waals surface area contributed by atoms with Crippen molar-refractivity contribution in [2.24, 2.45) is 0 Å². The van der Waals surface area contributed by atoms with Gasteiger partial charge in [0.2, 0.25) is 5.91 Å². The number of carbonyl (C=O) groups excluding carboxylic acids is 2. The van der Waals surface area contributed by atoms with Gasteiger partial charge in [0.05, 0.1) is 6.42 Å². The summed E-state index contributed by atoms with van der Waals surface area (Å²) in [6, 6.07) is 14.8. The van der Waals surface area contributed by atoms with Gasteiger partial charge in [-0.15, -0.1) is 0 Å². The lowest BCUT2D eigenvalue weighted by molar-refractivity contribution is -0.137. The number of benzene rings is 2. The Morgan fingerprint density at radius 3 is 2.16 bits per heavy atom. The van der Waals surface area contributed by atoms with Gasteiger partial charge >= 0.3 is 12.1 Å². The molecule has 170 valence electrons. The number of rotatable bonds is 10. The van der Waals surface area contributed by atoms with Crippen LogP contribution >= 0.6 is 0 Å². The van der Waals surface area contributed by atoms with Gasteiger partial charge in [-0.25, -0.2) is 4.79 Å². The standard InChI is InChI=1S/C25H30N2O5/c1-3-4-9-17(14-23(28)29)27-24(30)16(2)26-25(31)32-15-22-20-12-7-5-10-18(20)19-11-6-8-13-21(19)22/h5-8,10-13,16-17,22H,3-4,9,14-15H2,1-2H3,(H,26,31)(H,27,30)(H,28,29)/t16-,17?/m0/s1. The lowest BCUT2D eigenvalue weighted by atomic mass is 9.98. The van der Waals surface area contributed by atoms with E-state index < -0.39 is 30.1 Å². The fourth-order valence-electron chi connectivity index (χ4n) is 4.10. The van der Waals surface area contributed by atoms with Crippen molar-refractivity contribution in [2.45, 2.75) is 57.5 Å². The number of ether oxygens (including phenoxy) is 1. The van der Waals surface area contributed by atoms with Gasteiger partial charge in [0, 0.05) is 12.0 Å². The highest BCUT2D eigenvalue weighted by Crippen LogP contribution is 2.44. The van der Waals surface area contributed by atoms with Gasteiger partial charge in [-0.05, 0) is 35.6 Å². The highest BCUT2D eigenvalue weighted by molar-refractivity contribution is 5.86. The Morgan fingerprint density at radius 2 is 1.59 bits per heavy atom. The molecule has 0 spiro atoms. The summed E-state index contributed by atoms with van der Waals surface area (Å²) in [4.78, 5) is 35.9. The summed E-state index contributed by atoms with van der Waals surface area (Å²) in [7, 11) is 0. The number of hydrogen-bond donors (Lipinski definition) is 3. The third-order valence-corrected chi connectivity index (χ3v) is 5.74. The molecule has 2 aromatic carbocycles. The molecule has 3 N–H and O–H groups in total. The van der Waals surface area contributed by atoms with Crippen molar-refractivity contribution in [2.75, 3.05) is 6.61 Å². The minimum Gasteiger partial charge on any atom is -0.481 e. The van der Waals surface area contributed by atoms with Gasteiger partial charge < -0.3 is 20.5 Å². The van der Waals surface area contributed by atoms with Crippen LogP contribution in [0.5, 0.6) is 0 Å². The van der Waals surface area contributed by atoms with E-state index in [1.807, 2.05) is 43.3 Å². The number of alkyl carbamates (subject to hydrolysis) is 1. The Balaban J connectivity index is 1.55. The molecule has 2 atom stereocenters. The van der Waals surface area contributed by atoms with Crippen LogP contribution in [0.1, 0.15) is 56.6 Å². The molecule has 2 amide bonds. The Morgan fingerprint density at radius 1 is 1.00 bits per heavy atom. The van der Waals surface area contributed by atoms with Crippen molar-refractivity contribution in [3.8, 4) is 11.1 Å². The number of carbonyl (C=O) groups is 3. The van der Waals surface area contributed by atoms with Crippen molar-refractivity contribution in [3.05, 3.63) is 59.7 Å². The number of nitrogens with one attached hydrogen (secondary N) is 2. The molecule has 0 bridgehead atoms. The number of carboxylic acid groups (broad SMARTS) is 1. The maximum absolute atomic E-state index is 12.4. The molecule has 0 heterocycles. The van der Waals surface area contributed by atoms with Crippen molar-refractivity contribution in [1.29, 1.82) is 0 Å². The summed E-state index contributed by atoms with van der Waals surface area (Å²) >= 11 is 0. The van der Waals surface area contributed by atoms with E-state index in [-0.39, 0.29) is 18.9 Å². The van der Waals surface area contributed by atoms with E-state index in [1.165, 1.54) is 0 Å². The zero-order chi connectivity index (χ0) is 23.1. The maximum Gasteiger partial charge on any atom is 0.407 e. The minimum absolute atomic E-state index is 0.0636. The predicted molar refractivity (Wildman–Crippen MR) is 121 cm³/mol. The zero-order valence-electron chi connectivity index (χ0n) is 18.5. The summed E-state index contributed by atoms with van der Waals surface area (Å²) in [5, 5.41) is 14.3. The van der Waals surface area contributed by atoms with Crippen LogP contribution in [0.25, 0.3) is 11.1 Å². The number of fused-ring (bicyclic) bond motifs is 3. The Labute approximate surface area is 188 Å². The highest BCUT2D eigenvalue weighted by atomic mass is 16.5. The van der Waals surface area contributed by atoms with Gasteiger partial charge in [-0.3, -0.25) is 9.59 Å². The third kappa shape index (κ3) is 5.66. The van der Waals surface area contributed by atoms with Gasteiger partial charge in [-0.2, -0.15) is 0 Å². The van der Waals surface area contributed by atoms with Crippen LogP contribution < -0.4 is 10.6 Å². The topological polar surface area (TPSA) is 105 Å². The molecule has 0 aliphatic heterocycles. The predicted octanol–water partition coefficient (Wildman–Crippen LogP) is 4.06. The molecular formula is C25H30N2O5. The quantitative estimate of drug-likeness (QED) is 0.519. The third-order valence-electron chi connectivity index (χ3n) is 5.74. The van der Waals surface area contributed by atoms with Gasteiger partial charge in [0.1, 0.15) is 12.6 Å². The fourth-order valence-corrected chi connectivity index (χ4v) is 4.10. The lowest BCUT2D eigenvalue weighted by Gasteiger charge is -2.21. The molecule has 3 rings (SSSR count). The second-order valence-electron chi connectivity index (χ2n) is 8.14. The second kappa shape index (κ2) is 10.8. The molecule has 7 heteroatoms. The van der Waals surface area contributed by atoms with E-state index in [4.69, 9.17) is 9.84 Å². The normalized spacial score (nSPS) is 14.1. The van der Waals surface area contributed by atoms with E-state index in [2.05, 4.69) is 22.8 Å². The first-order valence-electron chi connectivity index (χ1n) is 11.0. The molecule has 1 unspecified atom stereocenters. The van der Waals surface area contributed by atoms with E-state index in [0.29, 0.717) is 6.42 Å². The van der Waals surface area contributed by atoms with Gasteiger partial charge in [0.25, 0.3) is 0 Å². The number of hydrogen-bond acceptors (Lipinski definition) is 4. The van der Waals surface area contributed by atoms with Crippen LogP contribution in [0.4, 0.5) is 4.79 Å². The molecule has 7 nitrogen and oxygen atoms in total. The zero-order valence-corrected chi connectivity index (χ0v) is 18.5. The summed E-state index contributed by atoms with van der Waals surface area (Å²) in [6.07, 6.45) is 1.46. The first-order valence-corrected chi connectivity index (χ1v) is 11.0. The maximum atomic E-state index is 12.4. The van der Waals surface area contributed by atoms with Crippen LogP contribution in [-0.2, 0) is 14.3 Å². The van der Waals surface area contributed by atoms with E-state index in [1.54, 1.807) is 6.92 Å². The lowest BCUT2D eigenvalue weighted by Crippen LogP contribution is -2.48. The van der Waals surface area contributed by atoms with Crippen molar-refractivity contribution in [3.63, 3.8) is 0 Å². The monoisotopic (exact) mass is 438 g/mol. The van der Waals surface area contributed by atoms with Gasteiger partial charge in [-0.1, -0.05) is 68.3 Å². The molecule has 32 heavy (non-hydrogen) atoms. The second-order valence-corrected chi connectivity index (χ2v) is 8.14. The SMILES string of the molecule is CCCCC(CC(=O)O)NC(=O)[C@H](C)NC(=O)OCC1c2ccccc2-c2ccccc21. The van der Waals surface area contributed by atoms with Crippen LogP contribution in [0.3, 0.4) is 0 Å². The smallest absolute Gasteiger partial charge is 0.407 e. The summed E-state index contributed by atoms with van der Waals surface area (Å²) in [5.74, 6) is -1.46. The van der Waals surface area contributed by atoms with Crippen LogP contribution in [0.2, 0.25) is 0 Å². The highest BCUT2D eigenvalue weighted by Gasteiger charge is 2.29. The van der Waals surface area contributed by atoms with Crippen LogP contribution in [0, 0.1) is 0 Å². The molecule has 0 radical (unpaired) electrons. The van der Waals surface area contributed by atoms with E-state index in [0.717, 1.165) is 35.1 Å². The van der Waals surface area contributed by atoms with Crippen LogP contribution in [0.15, 0.2) is 48.5 Å². The summed E-state index contributed by atoms with van der Waals surface area (Å²) in [5.41, 5.74) is 4.50. The van der Waals surface area contributed by atoms with E-state index >= 15 is 0 Å². The number of amides is 2. The molecule has 0 saturated heterocycles. The molecule has 0 saturated carbocycles. The number of unbranched alkanes of at least 4 members (excludes halogenated alkanes) is 1. The Bertz CT molecular complexity index is 929. The Kier molecular flexibility index (Phi) is 7.87. The fraction of sp³-hybridized carbons (Fsp3) is 0.400. The average molecular weight is 439 g/mol. The molecule has 0 aromatic heterocycles. The Hall–Kier alpha value is -3.35. The number of aliphatic carboxylic acids is 1. The molecule has 0 fully saturated rings. The van der Waals surface area contributed by atoms with Gasteiger partial charge in [0.15, 0.2) is 0 Å². The molecule has 1 aliphatic carbocycles. The largest absolute Gasteiger partial charge is 0.481 e. The molecular weight excluding hydrogens is 408 g/mol. The summed E-state index contributed by atoms with van der Waals surface area (Å²) < 4.78 is 5.47.